The molecule has 4 rings (SSSR count). The number of nitrogens with one attached hydrogen (secondary N) is 1. The minimum atomic E-state index is 0.230. The molecule has 0 radical (unpaired) electrons. The van der Waals surface area contributed by atoms with E-state index in [0.29, 0.717) is 12.1 Å². The van der Waals surface area contributed by atoms with Crippen LogP contribution in [0.5, 0.6) is 0 Å². The van der Waals surface area contributed by atoms with Crippen molar-refractivity contribution in [2.45, 2.75) is 76.3 Å². The number of carbonyl (C=O) groups is 1. The number of urea groups is 1. The van der Waals surface area contributed by atoms with Crippen molar-refractivity contribution < 1.29 is 4.79 Å². The Morgan fingerprint density at radius 3 is 2.09 bits per heavy atom. The van der Waals surface area contributed by atoms with Gasteiger partial charge in [0.05, 0.1) is 0 Å². The van der Waals surface area contributed by atoms with Gasteiger partial charge in [-0.1, -0.05) is 12.8 Å². The first-order valence-corrected chi connectivity index (χ1v) is 10.1. The van der Waals surface area contributed by atoms with E-state index in [1.807, 2.05) is 0 Å². The first-order chi connectivity index (χ1) is 11.3. The van der Waals surface area contributed by atoms with Crippen LogP contribution in [0.4, 0.5) is 4.79 Å². The number of hydrogen-bond donors (Lipinski definition) is 1. The van der Waals surface area contributed by atoms with Crippen LogP contribution in [0, 0.1) is 11.8 Å². The molecule has 2 heterocycles. The molecule has 2 saturated carbocycles. The predicted octanol–water partition coefficient (Wildman–Crippen LogP) is 3.23. The van der Waals surface area contributed by atoms with E-state index in [9.17, 15) is 4.79 Å². The lowest BCUT2D eigenvalue weighted by Crippen LogP contribution is -2.54. The molecule has 2 aliphatic carbocycles. The Morgan fingerprint density at radius 1 is 0.826 bits per heavy atom. The molecule has 4 aliphatic rings. The van der Waals surface area contributed by atoms with Crippen LogP contribution in [0.1, 0.15) is 64.2 Å². The van der Waals surface area contributed by atoms with Gasteiger partial charge in [0.1, 0.15) is 0 Å². The number of rotatable bonds is 4. The average molecular weight is 319 g/mol. The molecule has 0 spiro atoms. The Hall–Kier alpha value is -0.770. The number of carbonyl (C=O) groups excluding carboxylic acids is 1. The Morgan fingerprint density at radius 2 is 1.48 bits per heavy atom. The third kappa shape index (κ3) is 4.01. The topological polar surface area (TPSA) is 35.6 Å². The zero-order chi connectivity index (χ0) is 15.6. The molecule has 0 bridgehead atoms. The quantitative estimate of drug-likeness (QED) is 0.863. The molecule has 0 aromatic carbocycles. The number of amides is 2. The monoisotopic (exact) mass is 319 g/mol. The van der Waals surface area contributed by atoms with E-state index in [2.05, 4.69) is 15.1 Å². The molecule has 2 amide bonds. The van der Waals surface area contributed by atoms with Crippen LogP contribution in [0.15, 0.2) is 0 Å². The van der Waals surface area contributed by atoms with Crippen molar-refractivity contribution in [2.75, 3.05) is 26.2 Å². The minimum Gasteiger partial charge on any atom is -0.335 e. The van der Waals surface area contributed by atoms with Crippen molar-refractivity contribution in [2.24, 2.45) is 11.8 Å². The fourth-order valence-corrected chi connectivity index (χ4v) is 4.66. The van der Waals surface area contributed by atoms with Crippen molar-refractivity contribution >= 4 is 6.03 Å². The van der Waals surface area contributed by atoms with Crippen LogP contribution in [-0.4, -0.2) is 54.1 Å². The van der Waals surface area contributed by atoms with Gasteiger partial charge < -0.3 is 10.2 Å². The van der Waals surface area contributed by atoms with Crippen molar-refractivity contribution in [3.05, 3.63) is 0 Å². The van der Waals surface area contributed by atoms with Gasteiger partial charge in [-0.25, -0.2) is 4.79 Å². The fourth-order valence-electron chi connectivity index (χ4n) is 4.66. The molecule has 1 N–H and O–H groups in total. The van der Waals surface area contributed by atoms with Gasteiger partial charge in [0.15, 0.2) is 0 Å². The first-order valence-electron chi connectivity index (χ1n) is 10.1. The van der Waals surface area contributed by atoms with Gasteiger partial charge in [-0.05, 0) is 76.3 Å². The van der Waals surface area contributed by atoms with Crippen LogP contribution in [-0.2, 0) is 0 Å². The van der Waals surface area contributed by atoms with Crippen molar-refractivity contribution in [3.8, 4) is 0 Å². The maximum Gasteiger partial charge on any atom is 0.317 e. The molecule has 4 fully saturated rings. The largest absolute Gasteiger partial charge is 0.335 e. The van der Waals surface area contributed by atoms with Gasteiger partial charge >= 0.3 is 6.03 Å². The van der Waals surface area contributed by atoms with Crippen LogP contribution < -0.4 is 5.32 Å². The Balaban J connectivity index is 1.31. The zero-order valence-electron chi connectivity index (χ0n) is 14.5. The Bertz CT molecular complexity index is 399. The Labute approximate surface area is 141 Å². The molecular weight excluding hydrogens is 286 g/mol. The third-order valence-corrected chi connectivity index (χ3v) is 6.39. The number of nitrogens with zero attached hydrogens (tertiary/aromatic N) is 2. The molecule has 4 heteroatoms. The van der Waals surface area contributed by atoms with Gasteiger partial charge in [-0.2, -0.15) is 0 Å². The summed E-state index contributed by atoms with van der Waals surface area (Å²) < 4.78 is 0. The molecule has 130 valence electrons. The lowest BCUT2D eigenvalue weighted by molar-refractivity contribution is 0.109. The van der Waals surface area contributed by atoms with Crippen LogP contribution in [0.25, 0.3) is 0 Å². The van der Waals surface area contributed by atoms with Crippen molar-refractivity contribution in [3.63, 3.8) is 0 Å². The van der Waals surface area contributed by atoms with E-state index in [4.69, 9.17) is 0 Å². The summed E-state index contributed by atoms with van der Waals surface area (Å²) in [5.74, 6) is 1.58. The maximum absolute atomic E-state index is 12.8. The van der Waals surface area contributed by atoms with E-state index in [1.54, 1.807) is 0 Å². The average Bonchev–Trinajstić information content (AvgIpc) is 3.44. The van der Waals surface area contributed by atoms with Gasteiger partial charge in [0.25, 0.3) is 0 Å². The molecular formula is C19H33N3O. The SMILES string of the molecule is O=C(NC(C1CC1)C1CC1)N1CCC[C@@H](N2CCCCCC2)C1. The second kappa shape index (κ2) is 7.00. The summed E-state index contributed by atoms with van der Waals surface area (Å²) in [6.07, 6.45) is 13.2. The molecule has 0 aromatic rings. The molecule has 1 atom stereocenters. The normalized spacial score (nSPS) is 30.3. The van der Waals surface area contributed by atoms with E-state index in [0.717, 1.165) is 24.9 Å². The second-order valence-corrected chi connectivity index (χ2v) is 8.34. The Kier molecular flexibility index (Phi) is 4.79. The van der Waals surface area contributed by atoms with E-state index in [1.165, 1.54) is 77.3 Å². The smallest absolute Gasteiger partial charge is 0.317 e. The van der Waals surface area contributed by atoms with E-state index in [-0.39, 0.29) is 6.03 Å². The third-order valence-electron chi connectivity index (χ3n) is 6.39. The highest BCUT2D eigenvalue weighted by Gasteiger charge is 2.43. The summed E-state index contributed by atoms with van der Waals surface area (Å²) in [6.45, 7) is 4.39. The molecule has 0 unspecified atom stereocenters. The highest BCUT2D eigenvalue weighted by Crippen LogP contribution is 2.44. The van der Waals surface area contributed by atoms with Crippen molar-refractivity contribution in [1.82, 2.24) is 15.1 Å². The molecule has 2 aliphatic heterocycles. The standard InChI is InChI=1S/C19H33N3O/c23-19(20-18(15-7-8-15)16-9-10-16)22-13-5-6-17(14-22)21-11-3-1-2-4-12-21/h15-18H,1-14H2,(H,20,23)/t17-/m1/s1. The molecule has 2 saturated heterocycles. The fraction of sp³-hybridized carbons (Fsp3) is 0.947. The first kappa shape index (κ1) is 15.7. The van der Waals surface area contributed by atoms with E-state index >= 15 is 0 Å². The summed E-state index contributed by atoms with van der Waals surface area (Å²) in [5.41, 5.74) is 0. The van der Waals surface area contributed by atoms with Gasteiger partial charge in [-0.3, -0.25) is 4.90 Å². The summed E-state index contributed by atoms with van der Waals surface area (Å²) in [7, 11) is 0. The number of hydrogen-bond acceptors (Lipinski definition) is 2. The summed E-state index contributed by atoms with van der Waals surface area (Å²) in [4.78, 5) is 17.6. The van der Waals surface area contributed by atoms with Gasteiger partial charge in [0, 0.05) is 25.2 Å². The zero-order valence-corrected chi connectivity index (χ0v) is 14.5. The number of likely N-dealkylation sites (tertiary alicyclic amines) is 2. The molecule has 0 aromatic heterocycles. The van der Waals surface area contributed by atoms with Crippen molar-refractivity contribution in [1.29, 1.82) is 0 Å². The highest BCUT2D eigenvalue weighted by atomic mass is 16.2. The van der Waals surface area contributed by atoms with Crippen LogP contribution >= 0.6 is 0 Å². The minimum absolute atomic E-state index is 0.230. The molecule has 23 heavy (non-hydrogen) atoms. The summed E-state index contributed by atoms with van der Waals surface area (Å²) in [6, 6.07) is 1.32. The summed E-state index contributed by atoms with van der Waals surface area (Å²) >= 11 is 0. The maximum atomic E-state index is 12.8. The number of piperidine rings is 1. The summed E-state index contributed by atoms with van der Waals surface area (Å²) in [5, 5.41) is 3.41. The van der Waals surface area contributed by atoms with Gasteiger partial charge in [-0.15, -0.1) is 0 Å². The van der Waals surface area contributed by atoms with Crippen LogP contribution in [0.2, 0.25) is 0 Å². The van der Waals surface area contributed by atoms with Crippen LogP contribution in [0.3, 0.4) is 0 Å². The lowest BCUT2D eigenvalue weighted by Gasteiger charge is -2.39. The molecule has 4 nitrogen and oxygen atoms in total. The second-order valence-electron chi connectivity index (χ2n) is 8.34. The van der Waals surface area contributed by atoms with Gasteiger partial charge in [0.2, 0.25) is 0 Å². The van der Waals surface area contributed by atoms with E-state index < -0.39 is 0 Å². The lowest BCUT2D eigenvalue weighted by atomic mass is 10.0. The predicted molar refractivity (Wildman–Crippen MR) is 92.4 cm³/mol. The highest BCUT2D eigenvalue weighted by molar-refractivity contribution is 5.74.